The zero-order valence-corrected chi connectivity index (χ0v) is 26.3. The number of rotatable bonds is 10. The lowest BCUT2D eigenvalue weighted by molar-refractivity contribution is -0.143. The van der Waals surface area contributed by atoms with Crippen molar-refractivity contribution in [1.29, 1.82) is 0 Å². The van der Waals surface area contributed by atoms with E-state index in [9.17, 15) is 14.4 Å². The first kappa shape index (κ1) is 32.1. The second-order valence-corrected chi connectivity index (χ2v) is 11.5. The maximum atomic E-state index is 12.8. The van der Waals surface area contributed by atoms with E-state index < -0.39 is 23.8 Å². The van der Waals surface area contributed by atoms with Gasteiger partial charge in [-0.2, -0.15) is 0 Å². The number of aliphatic imine (C=N–C) groups is 1. The summed E-state index contributed by atoms with van der Waals surface area (Å²) in [6, 6.07) is 15.7. The van der Waals surface area contributed by atoms with Gasteiger partial charge in [-0.3, -0.25) is 9.79 Å². The van der Waals surface area contributed by atoms with Crippen LogP contribution in [0.4, 0.5) is 16.2 Å². The first-order chi connectivity index (χ1) is 20.8. The number of para-hydroxylation sites is 1. The molecule has 0 aromatic heterocycles. The molecule has 1 fully saturated rings. The van der Waals surface area contributed by atoms with Crippen molar-refractivity contribution in [1.82, 2.24) is 10.6 Å². The lowest BCUT2D eigenvalue weighted by Crippen LogP contribution is -2.45. The molecule has 2 aliphatic rings. The van der Waals surface area contributed by atoms with Gasteiger partial charge in [0.25, 0.3) is 0 Å². The number of urea groups is 1. The van der Waals surface area contributed by atoms with Crippen LogP contribution in [-0.2, 0) is 19.1 Å². The topological polar surface area (TPSA) is 121 Å². The van der Waals surface area contributed by atoms with Gasteiger partial charge in [0.05, 0.1) is 25.5 Å². The molecule has 1 saturated heterocycles. The summed E-state index contributed by atoms with van der Waals surface area (Å²) in [4.78, 5) is 46.5. The predicted octanol–water partition coefficient (Wildman–Crippen LogP) is 4.58. The first-order valence-electron chi connectivity index (χ1n) is 14.5. The molecule has 3 N–H and O–H groups in total. The van der Waals surface area contributed by atoms with Crippen LogP contribution in [0, 0.1) is 5.92 Å². The molecule has 0 spiro atoms. The molecule has 2 atom stereocenters. The summed E-state index contributed by atoms with van der Waals surface area (Å²) in [6.45, 7) is 6.58. The largest absolute Gasteiger partial charge is 0.468 e. The van der Waals surface area contributed by atoms with Gasteiger partial charge in [-0.25, -0.2) is 9.59 Å². The highest BCUT2D eigenvalue weighted by molar-refractivity contribution is 7.98. The predicted molar refractivity (Wildman–Crippen MR) is 171 cm³/mol. The summed E-state index contributed by atoms with van der Waals surface area (Å²) in [5.41, 5.74) is 3.81. The Bertz CT molecular complexity index is 1390. The molecule has 2 amide bonds. The van der Waals surface area contributed by atoms with Crippen LogP contribution in [0.25, 0.3) is 0 Å². The number of anilines is 2. The molecule has 0 bridgehead atoms. The number of esters is 2. The fourth-order valence-corrected chi connectivity index (χ4v) is 6.48. The normalized spacial score (nSPS) is 19.0. The molecule has 230 valence electrons. The highest BCUT2D eigenvalue weighted by Gasteiger charge is 2.42. The molecule has 0 aliphatic carbocycles. The second-order valence-electron chi connectivity index (χ2n) is 10.6. The molecule has 0 radical (unpaired) electrons. The molecule has 11 heteroatoms. The van der Waals surface area contributed by atoms with E-state index in [1.807, 2.05) is 6.07 Å². The number of nitrogens with zero attached hydrogens (tertiary/aromatic N) is 2. The van der Waals surface area contributed by atoms with Crippen molar-refractivity contribution >= 4 is 46.8 Å². The van der Waals surface area contributed by atoms with E-state index in [4.69, 9.17) is 9.47 Å². The minimum absolute atomic E-state index is 0.287. The number of methoxy groups -OCH3 is 2. The molecule has 2 heterocycles. The number of hydrogen-bond acceptors (Lipinski definition) is 9. The highest BCUT2D eigenvalue weighted by Crippen LogP contribution is 2.40. The van der Waals surface area contributed by atoms with Gasteiger partial charge in [-0.15, -0.1) is 11.8 Å². The number of hydrogen-bond donors (Lipinski definition) is 3. The quantitative estimate of drug-likeness (QED) is 0.204. The molecule has 2 aromatic rings. The van der Waals surface area contributed by atoms with Crippen LogP contribution in [0.5, 0.6) is 0 Å². The van der Waals surface area contributed by atoms with E-state index in [-0.39, 0.29) is 11.6 Å². The molecule has 2 aliphatic heterocycles. The van der Waals surface area contributed by atoms with Gasteiger partial charge < -0.3 is 30.3 Å². The number of carbonyl (C=O) groups excluding carboxylic acids is 3. The number of allylic oxidation sites excluding steroid dienone is 1. The molecule has 2 aromatic carbocycles. The van der Waals surface area contributed by atoms with Gasteiger partial charge in [0.1, 0.15) is 5.92 Å². The number of thioether (sulfide) groups is 1. The molecule has 43 heavy (non-hydrogen) atoms. The number of amides is 2. The van der Waals surface area contributed by atoms with Crippen molar-refractivity contribution in [3.8, 4) is 0 Å². The Morgan fingerprint density at radius 2 is 1.74 bits per heavy atom. The minimum Gasteiger partial charge on any atom is -0.468 e. The van der Waals surface area contributed by atoms with Gasteiger partial charge in [-0.05, 0) is 62.8 Å². The van der Waals surface area contributed by atoms with Crippen LogP contribution in [0.2, 0.25) is 0 Å². The summed E-state index contributed by atoms with van der Waals surface area (Å²) < 4.78 is 10.1. The molecule has 4 rings (SSSR count). The minimum atomic E-state index is -0.801. The molecule has 2 unspecified atom stereocenters. The van der Waals surface area contributed by atoms with Crippen molar-refractivity contribution in [3.63, 3.8) is 0 Å². The SMILES string of the molecule is COC(=O)C1=C(C)N=C(C)C(C(=O)OC)C1c1cccc(NC(=O)NCCNC2CCN(c3ccccc3SC)CC2)c1. The summed E-state index contributed by atoms with van der Waals surface area (Å²) in [7, 11) is 2.60. The van der Waals surface area contributed by atoms with E-state index in [0.717, 1.165) is 25.9 Å². The molecule has 10 nitrogen and oxygen atoms in total. The number of nitrogens with one attached hydrogen (secondary N) is 3. The zero-order valence-electron chi connectivity index (χ0n) is 25.4. The number of carbonyl (C=O) groups is 3. The Labute approximate surface area is 257 Å². The van der Waals surface area contributed by atoms with Crippen molar-refractivity contribution in [2.24, 2.45) is 10.9 Å². The smallest absolute Gasteiger partial charge is 0.336 e. The van der Waals surface area contributed by atoms with Gasteiger partial charge in [0, 0.05) is 60.1 Å². The van der Waals surface area contributed by atoms with E-state index in [1.165, 1.54) is 24.8 Å². The van der Waals surface area contributed by atoms with Crippen LogP contribution >= 0.6 is 11.8 Å². The number of ether oxygens (including phenoxy) is 2. The van der Waals surface area contributed by atoms with Gasteiger partial charge in [0.2, 0.25) is 0 Å². The van der Waals surface area contributed by atoms with E-state index in [1.54, 1.807) is 43.8 Å². The Morgan fingerprint density at radius 3 is 2.44 bits per heavy atom. The third kappa shape index (κ3) is 7.77. The summed E-state index contributed by atoms with van der Waals surface area (Å²) >= 11 is 1.77. The zero-order chi connectivity index (χ0) is 30.9. The standard InChI is InChI=1S/C32H41N5O5S/c1-20-27(30(38)41-3)29(28(21(2)35-20)31(39)42-4)22-9-8-10-24(19-22)36-32(40)34-16-15-33-23-13-17-37(18-14-23)25-11-6-7-12-26(25)43-5/h6-12,19,23,27,29,33H,13-18H2,1-5H3,(H2,34,36,40). The van der Waals surface area contributed by atoms with Gasteiger partial charge >= 0.3 is 18.0 Å². The van der Waals surface area contributed by atoms with E-state index >= 15 is 0 Å². The number of piperidine rings is 1. The number of benzene rings is 2. The van der Waals surface area contributed by atoms with Crippen LogP contribution < -0.4 is 20.9 Å². The fraction of sp³-hybridized carbons (Fsp3) is 0.438. The van der Waals surface area contributed by atoms with E-state index in [0.29, 0.717) is 41.8 Å². The van der Waals surface area contributed by atoms with Gasteiger partial charge in [-0.1, -0.05) is 24.3 Å². The maximum absolute atomic E-state index is 12.8. The Kier molecular flexibility index (Phi) is 11.2. The second kappa shape index (κ2) is 15.1. The Hall–Kier alpha value is -3.83. The Morgan fingerprint density at radius 1 is 1.00 bits per heavy atom. The monoisotopic (exact) mass is 607 g/mol. The average molecular weight is 608 g/mol. The fourth-order valence-electron chi connectivity index (χ4n) is 5.86. The van der Waals surface area contributed by atoms with Crippen molar-refractivity contribution in [2.45, 2.75) is 43.5 Å². The van der Waals surface area contributed by atoms with Crippen LogP contribution in [0.15, 0.2) is 69.7 Å². The highest BCUT2D eigenvalue weighted by atomic mass is 32.2. The van der Waals surface area contributed by atoms with E-state index in [2.05, 4.69) is 56.4 Å². The summed E-state index contributed by atoms with van der Waals surface area (Å²) in [6.07, 6.45) is 4.20. The maximum Gasteiger partial charge on any atom is 0.336 e. The summed E-state index contributed by atoms with van der Waals surface area (Å²) in [5, 5.41) is 9.34. The van der Waals surface area contributed by atoms with Crippen LogP contribution in [-0.4, -0.2) is 76.4 Å². The lowest BCUT2D eigenvalue weighted by Gasteiger charge is -2.35. The molecular formula is C32H41N5O5S. The average Bonchev–Trinajstić information content (AvgIpc) is 3.02. The first-order valence-corrected chi connectivity index (χ1v) is 15.7. The molecule has 0 saturated carbocycles. The van der Waals surface area contributed by atoms with Crippen molar-refractivity contribution in [3.05, 3.63) is 65.4 Å². The van der Waals surface area contributed by atoms with Gasteiger partial charge in [0.15, 0.2) is 0 Å². The molecular weight excluding hydrogens is 566 g/mol. The Balaban J connectivity index is 1.31. The third-order valence-electron chi connectivity index (χ3n) is 7.96. The van der Waals surface area contributed by atoms with Crippen molar-refractivity contribution < 1.29 is 23.9 Å². The van der Waals surface area contributed by atoms with Crippen molar-refractivity contribution in [2.75, 3.05) is 56.9 Å². The summed E-state index contributed by atoms with van der Waals surface area (Å²) in [5.74, 6) is -2.54. The lowest BCUT2D eigenvalue weighted by atomic mass is 9.75. The van der Waals surface area contributed by atoms with Crippen LogP contribution in [0.1, 0.15) is 38.2 Å². The van der Waals surface area contributed by atoms with Crippen LogP contribution in [0.3, 0.4) is 0 Å². The third-order valence-corrected chi connectivity index (χ3v) is 8.74.